The molecule has 0 aliphatic heterocycles. The van der Waals surface area contributed by atoms with Crippen LogP contribution >= 0.6 is 15.9 Å². The van der Waals surface area contributed by atoms with Crippen LogP contribution in [0.5, 0.6) is 5.75 Å². The highest BCUT2D eigenvalue weighted by Gasteiger charge is 2.15. The first-order valence-corrected chi connectivity index (χ1v) is 11.1. The summed E-state index contributed by atoms with van der Waals surface area (Å²) in [5.41, 5.74) is 0.839. The number of carbonyl (C=O) groups excluding carboxylic acids is 1. The Morgan fingerprint density at radius 2 is 1.66 bits per heavy atom. The van der Waals surface area contributed by atoms with Gasteiger partial charge in [-0.1, -0.05) is 40.2 Å². The number of benzene rings is 3. The molecule has 0 fully saturated rings. The average molecular weight is 475 g/mol. The Bertz CT molecular complexity index is 1070. The summed E-state index contributed by atoms with van der Waals surface area (Å²) < 4.78 is 33.8. The molecule has 150 valence electrons. The molecule has 0 aliphatic carbocycles. The van der Waals surface area contributed by atoms with E-state index in [1.165, 1.54) is 24.3 Å². The summed E-state index contributed by atoms with van der Waals surface area (Å²) in [6, 6.07) is 21.8. The van der Waals surface area contributed by atoms with Gasteiger partial charge in [-0.3, -0.25) is 9.52 Å². The first-order chi connectivity index (χ1) is 13.9. The number of halogens is 1. The van der Waals surface area contributed by atoms with Crippen LogP contribution in [0.4, 0.5) is 5.69 Å². The molecular weight excluding hydrogens is 456 g/mol. The second-order valence-corrected chi connectivity index (χ2v) is 8.66. The topological polar surface area (TPSA) is 84.5 Å². The highest BCUT2D eigenvalue weighted by atomic mass is 79.9. The molecule has 3 aromatic carbocycles. The van der Waals surface area contributed by atoms with Crippen molar-refractivity contribution in [2.24, 2.45) is 0 Å². The normalized spacial score (nSPS) is 10.9. The number of ether oxygens (including phenoxy) is 1. The fourth-order valence-corrected chi connectivity index (χ4v) is 3.93. The van der Waals surface area contributed by atoms with Gasteiger partial charge >= 0.3 is 0 Å². The molecule has 3 rings (SSSR count). The summed E-state index contributed by atoms with van der Waals surface area (Å²) in [4.78, 5) is 12.3. The zero-order valence-corrected chi connectivity index (χ0v) is 17.7. The first kappa shape index (κ1) is 20.9. The lowest BCUT2D eigenvalue weighted by Gasteiger charge is -2.10. The lowest BCUT2D eigenvalue weighted by atomic mass is 10.2. The largest absolute Gasteiger partial charge is 0.492 e. The maximum absolute atomic E-state index is 12.4. The van der Waals surface area contributed by atoms with Gasteiger partial charge in [0.25, 0.3) is 15.9 Å². The van der Waals surface area contributed by atoms with Crippen LogP contribution in [0.1, 0.15) is 10.4 Å². The molecule has 0 atom stereocenters. The van der Waals surface area contributed by atoms with E-state index in [1.54, 1.807) is 30.3 Å². The molecule has 6 nitrogen and oxygen atoms in total. The van der Waals surface area contributed by atoms with Crippen LogP contribution < -0.4 is 14.8 Å². The van der Waals surface area contributed by atoms with E-state index in [0.717, 1.165) is 4.47 Å². The molecule has 0 saturated heterocycles. The number of carbonyl (C=O) groups is 1. The van der Waals surface area contributed by atoms with Crippen molar-refractivity contribution in [1.29, 1.82) is 0 Å². The molecule has 0 spiro atoms. The number of para-hydroxylation sites is 1. The predicted octanol–water partition coefficient (Wildman–Crippen LogP) is 4.06. The van der Waals surface area contributed by atoms with E-state index in [0.29, 0.717) is 30.2 Å². The lowest BCUT2D eigenvalue weighted by molar-refractivity contribution is 0.0947. The third-order valence-electron chi connectivity index (χ3n) is 3.91. The maximum Gasteiger partial charge on any atom is 0.261 e. The number of hydrogen-bond donors (Lipinski definition) is 2. The van der Waals surface area contributed by atoms with Crippen LogP contribution in [-0.2, 0) is 10.0 Å². The molecule has 0 unspecified atom stereocenters. The Kier molecular flexibility index (Phi) is 6.90. The summed E-state index contributed by atoms with van der Waals surface area (Å²) in [5.74, 6) is 0.400. The van der Waals surface area contributed by atoms with Crippen LogP contribution in [0, 0.1) is 0 Å². The van der Waals surface area contributed by atoms with Gasteiger partial charge in [-0.25, -0.2) is 8.42 Å². The standard InChI is InChI=1S/C21H19BrN2O4S/c22-17-5-4-8-19(15-17)28-14-13-23-21(25)16-9-11-20(12-10-16)29(26,27)24-18-6-2-1-3-7-18/h1-12,15,24H,13-14H2,(H,23,25). The lowest BCUT2D eigenvalue weighted by Crippen LogP contribution is -2.28. The molecule has 3 aromatic rings. The number of anilines is 1. The van der Waals surface area contributed by atoms with Crippen LogP contribution in [0.3, 0.4) is 0 Å². The van der Waals surface area contributed by atoms with E-state index in [9.17, 15) is 13.2 Å². The Balaban J connectivity index is 1.53. The second-order valence-electron chi connectivity index (χ2n) is 6.06. The van der Waals surface area contributed by atoms with E-state index in [2.05, 4.69) is 26.0 Å². The number of rotatable bonds is 8. The predicted molar refractivity (Wildman–Crippen MR) is 116 cm³/mol. The van der Waals surface area contributed by atoms with E-state index < -0.39 is 10.0 Å². The Morgan fingerprint density at radius 1 is 0.931 bits per heavy atom. The summed E-state index contributed by atoms with van der Waals surface area (Å²) in [6.45, 7) is 0.636. The van der Waals surface area contributed by atoms with E-state index in [4.69, 9.17) is 4.74 Å². The molecule has 0 bridgehead atoms. The molecule has 0 aromatic heterocycles. The van der Waals surface area contributed by atoms with E-state index >= 15 is 0 Å². The van der Waals surface area contributed by atoms with Gasteiger partial charge in [-0.05, 0) is 54.6 Å². The van der Waals surface area contributed by atoms with Gasteiger partial charge in [-0.15, -0.1) is 0 Å². The van der Waals surface area contributed by atoms with Crippen molar-refractivity contribution in [2.45, 2.75) is 4.90 Å². The Labute approximate surface area is 178 Å². The number of sulfonamides is 1. The van der Waals surface area contributed by atoms with Crippen molar-refractivity contribution in [3.8, 4) is 5.75 Å². The third kappa shape index (κ3) is 6.07. The molecule has 0 radical (unpaired) electrons. The van der Waals surface area contributed by atoms with Gasteiger partial charge in [0, 0.05) is 15.7 Å². The summed E-state index contributed by atoms with van der Waals surface area (Å²) in [7, 11) is -3.72. The van der Waals surface area contributed by atoms with E-state index in [1.807, 2.05) is 24.3 Å². The van der Waals surface area contributed by atoms with Crippen LogP contribution in [-0.4, -0.2) is 27.5 Å². The summed E-state index contributed by atoms with van der Waals surface area (Å²) in [5, 5.41) is 2.74. The second kappa shape index (κ2) is 9.58. The molecule has 1 amide bonds. The van der Waals surface area contributed by atoms with Crippen molar-refractivity contribution in [1.82, 2.24) is 5.32 Å². The van der Waals surface area contributed by atoms with Crippen molar-refractivity contribution in [2.75, 3.05) is 17.9 Å². The van der Waals surface area contributed by atoms with Crippen molar-refractivity contribution >= 4 is 37.5 Å². The summed E-state index contributed by atoms with van der Waals surface area (Å²) >= 11 is 3.37. The Morgan fingerprint density at radius 3 is 2.34 bits per heavy atom. The van der Waals surface area contributed by atoms with Gasteiger partial charge < -0.3 is 10.1 Å². The fraction of sp³-hybridized carbons (Fsp3) is 0.0952. The Hall–Kier alpha value is -2.84. The molecule has 29 heavy (non-hydrogen) atoms. The fourth-order valence-electron chi connectivity index (χ4n) is 2.50. The number of nitrogens with one attached hydrogen (secondary N) is 2. The molecule has 0 aliphatic rings. The summed E-state index contributed by atoms with van der Waals surface area (Å²) in [6.07, 6.45) is 0. The highest BCUT2D eigenvalue weighted by Crippen LogP contribution is 2.18. The highest BCUT2D eigenvalue weighted by molar-refractivity contribution is 9.10. The zero-order valence-electron chi connectivity index (χ0n) is 15.3. The maximum atomic E-state index is 12.4. The average Bonchev–Trinajstić information content (AvgIpc) is 2.72. The quantitative estimate of drug-likeness (QED) is 0.482. The van der Waals surface area contributed by atoms with Gasteiger partial charge in [0.05, 0.1) is 11.4 Å². The number of hydrogen-bond acceptors (Lipinski definition) is 4. The monoisotopic (exact) mass is 474 g/mol. The van der Waals surface area contributed by atoms with E-state index in [-0.39, 0.29) is 10.8 Å². The van der Waals surface area contributed by atoms with Crippen LogP contribution in [0.15, 0.2) is 88.2 Å². The minimum absolute atomic E-state index is 0.0795. The van der Waals surface area contributed by atoms with Gasteiger partial charge in [0.15, 0.2) is 0 Å². The van der Waals surface area contributed by atoms with Crippen molar-refractivity contribution in [3.63, 3.8) is 0 Å². The van der Waals surface area contributed by atoms with Crippen molar-refractivity contribution < 1.29 is 17.9 Å². The van der Waals surface area contributed by atoms with Gasteiger partial charge in [0.1, 0.15) is 12.4 Å². The SMILES string of the molecule is O=C(NCCOc1cccc(Br)c1)c1ccc(S(=O)(=O)Nc2ccccc2)cc1. The smallest absolute Gasteiger partial charge is 0.261 e. The zero-order chi connectivity index (χ0) is 20.7. The van der Waals surface area contributed by atoms with Crippen LogP contribution in [0.2, 0.25) is 0 Å². The molecular formula is C21H19BrN2O4S. The molecule has 8 heteroatoms. The minimum Gasteiger partial charge on any atom is -0.492 e. The molecule has 0 saturated carbocycles. The van der Waals surface area contributed by atoms with Crippen LogP contribution in [0.25, 0.3) is 0 Å². The molecule has 2 N–H and O–H groups in total. The minimum atomic E-state index is -3.72. The van der Waals surface area contributed by atoms with Gasteiger partial charge in [-0.2, -0.15) is 0 Å². The number of amides is 1. The third-order valence-corrected chi connectivity index (χ3v) is 5.80. The van der Waals surface area contributed by atoms with Crippen molar-refractivity contribution in [3.05, 3.63) is 88.9 Å². The first-order valence-electron chi connectivity index (χ1n) is 8.78. The van der Waals surface area contributed by atoms with Gasteiger partial charge in [0.2, 0.25) is 0 Å². The molecule has 0 heterocycles.